The minimum atomic E-state index is -4.59. The minimum Gasteiger partial charge on any atom is -0.330 e. The van der Waals surface area contributed by atoms with Crippen molar-refractivity contribution in [3.8, 4) is 6.07 Å². The molecule has 0 radical (unpaired) electrons. The maximum Gasteiger partial charge on any atom is 0.416 e. The zero-order valence-electron chi connectivity index (χ0n) is 10.2. The normalized spacial score (nSPS) is 11.9. The highest BCUT2D eigenvalue weighted by molar-refractivity contribution is 7.92. The van der Waals surface area contributed by atoms with Gasteiger partial charge in [0.2, 0.25) is 10.0 Å². The number of nitrogens with two attached hydrogens (primary N) is 1. The highest BCUT2D eigenvalue weighted by Gasteiger charge is 2.31. The highest BCUT2D eigenvalue weighted by atomic mass is 32.2. The summed E-state index contributed by atoms with van der Waals surface area (Å²) in [5.74, 6) is -0.268. The molecule has 110 valence electrons. The third-order valence-corrected chi connectivity index (χ3v) is 3.71. The third-order valence-electron chi connectivity index (χ3n) is 2.35. The summed E-state index contributed by atoms with van der Waals surface area (Å²) < 4.78 is 62.7. The van der Waals surface area contributed by atoms with Crippen molar-refractivity contribution < 1.29 is 21.6 Å². The molecular weight excluding hydrogens is 295 g/mol. The third kappa shape index (κ3) is 4.40. The molecular formula is C11H12F3N3O2S. The van der Waals surface area contributed by atoms with Gasteiger partial charge >= 0.3 is 6.18 Å². The number of sulfonamides is 1. The number of nitriles is 1. The molecule has 0 unspecified atom stereocenters. The molecule has 20 heavy (non-hydrogen) atoms. The Labute approximate surface area is 114 Å². The molecule has 0 aliphatic heterocycles. The van der Waals surface area contributed by atoms with Crippen LogP contribution in [0, 0.1) is 11.3 Å². The monoisotopic (exact) mass is 307 g/mol. The molecule has 0 aliphatic carbocycles. The molecule has 0 saturated carbocycles. The summed E-state index contributed by atoms with van der Waals surface area (Å²) in [6.07, 6.45) is -4.39. The zero-order valence-corrected chi connectivity index (χ0v) is 11.1. The first-order valence-corrected chi connectivity index (χ1v) is 7.17. The van der Waals surface area contributed by atoms with Crippen molar-refractivity contribution in [2.24, 2.45) is 5.73 Å². The summed E-state index contributed by atoms with van der Waals surface area (Å²) in [6, 6.07) is 3.76. The van der Waals surface area contributed by atoms with E-state index in [1.54, 1.807) is 0 Å². The molecule has 9 heteroatoms. The van der Waals surface area contributed by atoms with Gasteiger partial charge in [0.15, 0.2) is 0 Å². The lowest BCUT2D eigenvalue weighted by Gasteiger charge is -2.11. The molecule has 0 saturated heterocycles. The van der Waals surface area contributed by atoms with Gasteiger partial charge in [-0.25, -0.2) is 8.42 Å². The lowest BCUT2D eigenvalue weighted by molar-refractivity contribution is -0.137. The van der Waals surface area contributed by atoms with Gasteiger partial charge in [-0.1, -0.05) is 0 Å². The Morgan fingerprint density at radius 2 is 2.00 bits per heavy atom. The lowest BCUT2D eigenvalue weighted by atomic mass is 10.1. The summed E-state index contributed by atoms with van der Waals surface area (Å²) in [4.78, 5) is 0. The van der Waals surface area contributed by atoms with E-state index in [1.165, 1.54) is 6.07 Å². The van der Waals surface area contributed by atoms with Gasteiger partial charge in [-0.05, 0) is 31.2 Å². The van der Waals surface area contributed by atoms with Crippen molar-refractivity contribution in [1.82, 2.24) is 0 Å². The molecule has 0 spiro atoms. The van der Waals surface area contributed by atoms with Crippen LogP contribution in [0.25, 0.3) is 0 Å². The van der Waals surface area contributed by atoms with E-state index in [0.717, 1.165) is 6.07 Å². The topological polar surface area (TPSA) is 96.0 Å². The number of hydrogen-bond acceptors (Lipinski definition) is 4. The molecule has 0 amide bonds. The molecule has 1 rings (SSSR count). The van der Waals surface area contributed by atoms with Crippen molar-refractivity contribution in [2.75, 3.05) is 17.0 Å². The fourth-order valence-corrected chi connectivity index (χ4v) is 2.56. The number of benzene rings is 1. The average molecular weight is 307 g/mol. The Bertz CT molecular complexity index is 621. The Hall–Kier alpha value is -1.79. The Balaban J connectivity index is 3.07. The van der Waals surface area contributed by atoms with Gasteiger partial charge < -0.3 is 5.73 Å². The van der Waals surface area contributed by atoms with Gasteiger partial charge in [0, 0.05) is 0 Å². The molecule has 1 aromatic carbocycles. The Kier molecular flexibility index (Phi) is 4.97. The first-order valence-electron chi connectivity index (χ1n) is 5.51. The van der Waals surface area contributed by atoms with Crippen LogP contribution in [0.4, 0.5) is 18.9 Å². The van der Waals surface area contributed by atoms with Crippen molar-refractivity contribution >= 4 is 15.7 Å². The van der Waals surface area contributed by atoms with Gasteiger partial charge in [0.1, 0.15) is 6.07 Å². The quantitative estimate of drug-likeness (QED) is 0.864. The zero-order chi connectivity index (χ0) is 15.4. The standard InChI is InChI=1S/C11H12F3N3O2S/c12-11(13,14)9-2-3-10(8(6-9)7-16)17-20(18,19)5-1-4-15/h2-3,6,17H,1,4-5,15H2. The molecule has 1 aromatic rings. The van der Waals surface area contributed by atoms with Gasteiger partial charge in [-0.3, -0.25) is 4.72 Å². The number of nitrogens with zero attached hydrogens (tertiary/aromatic N) is 1. The second kappa shape index (κ2) is 6.11. The molecule has 0 bridgehead atoms. The van der Waals surface area contributed by atoms with Crippen molar-refractivity contribution in [3.63, 3.8) is 0 Å². The van der Waals surface area contributed by atoms with E-state index in [1.807, 2.05) is 0 Å². The predicted octanol–water partition coefficient (Wildman–Crippen LogP) is 1.67. The van der Waals surface area contributed by atoms with Crippen LogP contribution < -0.4 is 10.5 Å². The van der Waals surface area contributed by atoms with E-state index < -0.39 is 27.3 Å². The maximum absolute atomic E-state index is 12.5. The predicted molar refractivity (Wildman–Crippen MR) is 67.2 cm³/mol. The number of alkyl halides is 3. The Morgan fingerprint density at radius 3 is 2.50 bits per heavy atom. The summed E-state index contributed by atoms with van der Waals surface area (Å²) in [5.41, 5.74) is 3.59. The van der Waals surface area contributed by atoms with Crippen LogP contribution in [0.3, 0.4) is 0 Å². The molecule has 0 aromatic heterocycles. The highest BCUT2D eigenvalue weighted by Crippen LogP contribution is 2.31. The Morgan fingerprint density at radius 1 is 1.35 bits per heavy atom. The molecule has 0 atom stereocenters. The van der Waals surface area contributed by atoms with Crippen LogP contribution in [0.2, 0.25) is 0 Å². The van der Waals surface area contributed by atoms with E-state index in [0.29, 0.717) is 12.1 Å². The van der Waals surface area contributed by atoms with Crippen LogP contribution in [0.1, 0.15) is 17.5 Å². The molecule has 0 fully saturated rings. The van der Waals surface area contributed by atoms with Gasteiger partial charge in [0.05, 0.1) is 22.6 Å². The first-order chi connectivity index (χ1) is 9.19. The SMILES string of the molecule is N#Cc1cc(C(F)(F)F)ccc1NS(=O)(=O)CCCN. The second-order valence-electron chi connectivity index (χ2n) is 3.93. The smallest absolute Gasteiger partial charge is 0.330 e. The van der Waals surface area contributed by atoms with E-state index in [2.05, 4.69) is 4.72 Å². The summed E-state index contributed by atoms with van der Waals surface area (Å²) in [7, 11) is -3.74. The number of rotatable bonds is 5. The summed E-state index contributed by atoms with van der Waals surface area (Å²) >= 11 is 0. The van der Waals surface area contributed by atoms with E-state index in [4.69, 9.17) is 11.0 Å². The van der Waals surface area contributed by atoms with Crippen LogP contribution in [0.15, 0.2) is 18.2 Å². The fourth-order valence-electron chi connectivity index (χ4n) is 1.39. The largest absolute Gasteiger partial charge is 0.416 e. The number of halogens is 3. The first kappa shape index (κ1) is 16.3. The van der Waals surface area contributed by atoms with E-state index in [9.17, 15) is 21.6 Å². The lowest BCUT2D eigenvalue weighted by Crippen LogP contribution is -2.19. The van der Waals surface area contributed by atoms with Crippen molar-refractivity contribution in [1.29, 1.82) is 5.26 Å². The molecule has 0 aliphatic rings. The molecule has 3 N–H and O–H groups in total. The maximum atomic E-state index is 12.5. The van der Waals surface area contributed by atoms with Crippen molar-refractivity contribution in [2.45, 2.75) is 12.6 Å². The van der Waals surface area contributed by atoms with Gasteiger partial charge in [-0.15, -0.1) is 0 Å². The van der Waals surface area contributed by atoms with E-state index in [-0.39, 0.29) is 24.4 Å². The van der Waals surface area contributed by atoms with E-state index >= 15 is 0 Å². The van der Waals surface area contributed by atoms with Crippen LogP contribution in [-0.4, -0.2) is 20.7 Å². The second-order valence-corrected chi connectivity index (χ2v) is 5.77. The van der Waals surface area contributed by atoms with Crippen molar-refractivity contribution in [3.05, 3.63) is 29.3 Å². The van der Waals surface area contributed by atoms with Crippen LogP contribution in [0.5, 0.6) is 0 Å². The number of nitrogens with one attached hydrogen (secondary N) is 1. The average Bonchev–Trinajstić information content (AvgIpc) is 2.35. The number of hydrogen-bond donors (Lipinski definition) is 2. The minimum absolute atomic E-state index is 0.166. The van der Waals surface area contributed by atoms with Gasteiger partial charge in [-0.2, -0.15) is 18.4 Å². The summed E-state index contributed by atoms with van der Waals surface area (Å²) in [6.45, 7) is 0.166. The van der Waals surface area contributed by atoms with Gasteiger partial charge in [0.25, 0.3) is 0 Å². The number of anilines is 1. The van der Waals surface area contributed by atoms with Crippen LogP contribution in [-0.2, 0) is 16.2 Å². The van der Waals surface area contributed by atoms with Crippen LogP contribution >= 0.6 is 0 Å². The molecule has 5 nitrogen and oxygen atoms in total. The fraction of sp³-hybridized carbons (Fsp3) is 0.364. The molecule has 0 heterocycles. The summed E-state index contributed by atoms with van der Waals surface area (Å²) in [5, 5.41) is 8.81.